The van der Waals surface area contributed by atoms with Crippen molar-refractivity contribution in [3.8, 4) is 0 Å². The van der Waals surface area contributed by atoms with Gasteiger partial charge in [-0.3, -0.25) is 0 Å². The maximum absolute atomic E-state index is 11.6. The molecule has 2 rings (SSSR count). The van der Waals surface area contributed by atoms with Crippen LogP contribution >= 0.6 is 0 Å². The fraction of sp³-hybridized carbons (Fsp3) is 0.667. The molecular formula is C12H17NO3. The predicted octanol–water partition coefficient (Wildman–Crippen LogP) is 2.66. The summed E-state index contributed by atoms with van der Waals surface area (Å²) in [5.74, 6) is 0.964. The lowest BCUT2D eigenvalue weighted by Gasteiger charge is -2.31. The van der Waals surface area contributed by atoms with Crippen molar-refractivity contribution < 1.29 is 13.9 Å². The first-order chi connectivity index (χ1) is 7.66. The summed E-state index contributed by atoms with van der Waals surface area (Å²) in [6.07, 6.45) is 5.62. The first-order valence-corrected chi connectivity index (χ1v) is 5.76. The third-order valence-electron chi connectivity index (χ3n) is 3.47. The molecular weight excluding hydrogens is 206 g/mol. The van der Waals surface area contributed by atoms with Crippen LogP contribution in [0.1, 0.15) is 43.6 Å². The zero-order valence-electron chi connectivity index (χ0n) is 9.68. The lowest BCUT2D eigenvalue weighted by molar-refractivity contribution is 0.00818. The molecule has 1 saturated carbocycles. The Morgan fingerprint density at radius 3 is 2.88 bits per heavy atom. The van der Waals surface area contributed by atoms with Crippen molar-refractivity contribution in [3.63, 3.8) is 0 Å². The Labute approximate surface area is 95.0 Å². The van der Waals surface area contributed by atoms with Crippen LogP contribution in [0.5, 0.6) is 0 Å². The second-order valence-corrected chi connectivity index (χ2v) is 4.67. The van der Waals surface area contributed by atoms with Crippen LogP contribution in [-0.4, -0.2) is 17.1 Å². The lowest BCUT2D eigenvalue weighted by Crippen LogP contribution is -2.28. The fourth-order valence-corrected chi connectivity index (χ4v) is 2.13. The fourth-order valence-electron chi connectivity index (χ4n) is 2.13. The normalized spacial score (nSPS) is 30.0. The Morgan fingerprint density at radius 2 is 2.25 bits per heavy atom. The number of aromatic nitrogens is 1. The van der Waals surface area contributed by atoms with E-state index in [1.54, 1.807) is 0 Å². The standard InChI is InChI=1S/C12H17NO3/c1-8-3-4-10(5-9(8)2)16-12(14)11-6-15-7-13-11/h6-10H,3-5H2,1-2H3/t8-,9+,10-/m1/s1. The second kappa shape index (κ2) is 4.68. The van der Waals surface area contributed by atoms with Crippen LogP contribution < -0.4 is 0 Å². The van der Waals surface area contributed by atoms with Gasteiger partial charge in [-0.25, -0.2) is 9.78 Å². The molecule has 0 amide bonds. The predicted molar refractivity (Wildman–Crippen MR) is 57.9 cm³/mol. The zero-order chi connectivity index (χ0) is 11.5. The molecule has 4 nitrogen and oxygen atoms in total. The van der Waals surface area contributed by atoms with Gasteiger partial charge in [0.15, 0.2) is 12.1 Å². The minimum Gasteiger partial charge on any atom is -0.458 e. The smallest absolute Gasteiger partial charge is 0.360 e. The third-order valence-corrected chi connectivity index (χ3v) is 3.47. The number of ether oxygens (including phenoxy) is 1. The average molecular weight is 223 g/mol. The van der Waals surface area contributed by atoms with Crippen LogP contribution in [0.2, 0.25) is 0 Å². The van der Waals surface area contributed by atoms with Crippen molar-refractivity contribution in [2.75, 3.05) is 0 Å². The van der Waals surface area contributed by atoms with Crippen molar-refractivity contribution in [3.05, 3.63) is 18.4 Å². The quantitative estimate of drug-likeness (QED) is 0.723. The highest BCUT2D eigenvalue weighted by atomic mass is 16.5. The molecule has 0 radical (unpaired) electrons. The molecule has 0 unspecified atom stereocenters. The Balaban J connectivity index is 1.89. The minimum atomic E-state index is -0.375. The van der Waals surface area contributed by atoms with Crippen LogP contribution in [0.3, 0.4) is 0 Å². The molecule has 0 saturated heterocycles. The van der Waals surface area contributed by atoms with Crippen LogP contribution in [0, 0.1) is 11.8 Å². The number of hydrogen-bond donors (Lipinski definition) is 0. The van der Waals surface area contributed by atoms with E-state index < -0.39 is 0 Å². The van der Waals surface area contributed by atoms with Gasteiger partial charge in [-0.1, -0.05) is 13.8 Å². The lowest BCUT2D eigenvalue weighted by atomic mass is 9.80. The summed E-state index contributed by atoms with van der Waals surface area (Å²) < 4.78 is 10.1. The van der Waals surface area contributed by atoms with E-state index in [0.717, 1.165) is 25.2 Å². The molecule has 0 spiro atoms. The van der Waals surface area contributed by atoms with Gasteiger partial charge >= 0.3 is 5.97 Å². The van der Waals surface area contributed by atoms with Gasteiger partial charge in [-0.05, 0) is 31.1 Å². The van der Waals surface area contributed by atoms with Gasteiger partial charge in [0.05, 0.1) is 0 Å². The van der Waals surface area contributed by atoms with E-state index in [1.807, 2.05) is 0 Å². The molecule has 0 aromatic carbocycles. The van der Waals surface area contributed by atoms with Gasteiger partial charge in [0.25, 0.3) is 0 Å². The first-order valence-electron chi connectivity index (χ1n) is 5.76. The van der Waals surface area contributed by atoms with Crippen LogP contribution in [0.25, 0.3) is 0 Å². The van der Waals surface area contributed by atoms with Crippen molar-refractivity contribution in [2.45, 2.75) is 39.2 Å². The summed E-state index contributed by atoms with van der Waals surface area (Å²) in [5.41, 5.74) is 0.256. The summed E-state index contributed by atoms with van der Waals surface area (Å²) in [5, 5.41) is 0. The molecule has 0 aliphatic heterocycles. The van der Waals surface area contributed by atoms with Gasteiger partial charge in [0, 0.05) is 0 Å². The van der Waals surface area contributed by atoms with E-state index in [9.17, 15) is 4.79 Å². The maximum atomic E-state index is 11.6. The van der Waals surface area contributed by atoms with E-state index in [-0.39, 0.29) is 17.8 Å². The van der Waals surface area contributed by atoms with E-state index in [1.165, 1.54) is 12.7 Å². The summed E-state index contributed by atoms with van der Waals surface area (Å²) in [6, 6.07) is 0. The molecule has 3 atom stereocenters. The topological polar surface area (TPSA) is 52.3 Å². The molecule has 1 aliphatic rings. The Morgan fingerprint density at radius 1 is 1.44 bits per heavy atom. The van der Waals surface area contributed by atoms with E-state index in [2.05, 4.69) is 18.8 Å². The first kappa shape index (κ1) is 11.2. The van der Waals surface area contributed by atoms with Gasteiger partial charge in [-0.2, -0.15) is 0 Å². The highest BCUT2D eigenvalue weighted by Crippen LogP contribution is 2.31. The minimum absolute atomic E-state index is 0.0374. The summed E-state index contributed by atoms with van der Waals surface area (Å²) >= 11 is 0. The van der Waals surface area contributed by atoms with Crippen molar-refractivity contribution in [1.82, 2.24) is 4.98 Å². The molecule has 88 valence electrons. The Hall–Kier alpha value is -1.32. The number of nitrogens with zero attached hydrogens (tertiary/aromatic N) is 1. The number of esters is 1. The number of rotatable bonds is 2. The van der Waals surface area contributed by atoms with E-state index in [0.29, 0.717) is 5.92 Å². The second-order valence-electron chi connectivity index (χ2n) is 4.67. The van der Waals surface area contributed by atoms with Gasteiger partial charge in [0.2, 0.25) is 0 Å². The molecule has 1 fully saturated rings. The van der Waals surface area contributed by atoms with E-state index in [4.69, 9.17) is 9.15 Å². The highest BCUT2D eigenvalue weighted by Gasteiger charge is 2.27. The Bertz CT molecular complexity index is 347. The van der Waals surface area contributed by atoms with Crippen molar-refractivity contribution >= 4 is 5.97 Å². The third kappa shape index (κ3) is 2.43. The van der Waals surface area contributed by atoms with Crippen LogP contribution in [0.4, 0.5) is 0 Å². The molecule has 16 heavy (non-hydrogen) atoms. The average Bonchev–Trinajstić information content (AvgIpc) is 2.77. The molecule has 1 aromatic rings. The van der Waals surface area contributed by atoms with Gasteiger partial charge in [-0.15, -0.1) is 0 Å². The molecule has 0 N–H and O–H groups in total. The number of carbonyl (C=O) groups excluding carboxylic acids is 1. The highest BCUT2D eigenvalue weighted by molar-refractivity contribution is 5.86. The van der Waals surface area contributed by atoms with Crippen LogP contribution in [0.15, 0.2) is 17.1 Å². The van der Waals surface area contributed by atoms with Crippen molar-refractivity contribution in [2.24, 2.45) is 11.8 Å². The Kier molecular flexibility index (Phi) is 3.27. The molecule has 4 heteroatoms. The monoisotopic (exact) mass is 223 g/mol. The van der Waals surface area contributed by atoms with Gasteiger partial charge < -0.3 is 9.15 Å². The summed E-state index contributed by atoms with van der Waals surface area (Å²) in [7, 11) is 0. The molecule has 1 heterocycles. The molecule has 0 bridgehead atoms. The largest absolute Gasteiger partial charge is 0.458 e. The van der Waals surface area contributed by atoms with Gasteiger partial charge in [0.1, 0.15) is 12.4 Å². The SMILES string of the molecule is C[C@@H]1CC[C@@H](OC(=O)c2cocn2)C[C@@H]1C. The number of oxazole rings is 1. The maximum Gasteiger partial charge on any atom is 0.360 e. The van der Waals surface area contributed by atoms with Crippen LogP contribution in [-0.2, 0) is 4.74 Å². The zero-order valence-corrected chi connectivity index (χ0v) is 9.68. The van der Waals surface area contributed by atoms with Crippen molar-refractivity contribution in [1.29, 1.82) is 0 Å². The summed E-state index contributed by atoms with van der Waals surface area (Å²) in [4.78, 5) is 15.4. The number of carbonyl (C=O) groups is 1. The summed E-state index contributed by atoms with van der Waals surface area (Å²) in [6.45, 7) is 4.46. The van der Waals surface area contributed by atoms with E-state index >= 15 is 0 Å². The molecule has 1 aliphatic carbocycles. The molecule has 1 aromatic heterocycles. The number of hydrogen-bond acceptors (Lipinski definition) is 4.